The van der Waals surface area contributed by atoms with Gasteiger partial charge < -0.3 is 20.3 Å². The minimum atomic E-state index is -2.57. The lowest BCUT2D eigenvalue weighted by Gasteiger charge is -2.41. The second-order valence-electron chi connectivity index (χ2n) is 8.65. The van der Waals surface area contributed by atoms with Crippen molar-refractivity contribution in [1.82, 2.24) is 14.9 Å². The van der Waals surface area contributed by atoms with Gasteiger partial charge in [-0.2, -0.15) is 4.98 Å². The number of nitrogens with zero attached hydrogens (tertiary/aromatic N) is 5. The SMILES string of the molecule is CN=C(C=N/C(=C/OC)Nc1ncc(Cl)c(Nc2ccccc2P(C)C)n1)N1CC2(C1)CC2(F)F. The molecule has 2 fully saturated rings. The molecule has 186 valence electrons. The molecule has 4 rings (SSSR count). The minimum absolute atomic E-state index is 0.0615. The first-order valence-corrected chi connectivity index (χ1v) is 13.5. The molecule has 1 aliphatic carbocycles. The van der Waals surface area contributed by atoms with Crippen LogP contribution in [0.5, 0.6) is 0 Å². The van der Waals surface area contributed by atoms with Crippen molar-refractivity contribution >= 4 is 54.3 Å². The van der Waals surface area contributed by atoms with Crippen LogP contribution in [0.2, 0.25) is 5.02 Å². The predicted molar refractivity (Wildman–Crippen MR) is 139 cm³/mol. The molecule has 0 bridgehead atoms. The Morgan fingerprint density at radius 2 is 2.00 bits per heavy atom. The molecule has 1 saturated carbocycles. The molecule has 2 heterocycles. The van der Waals surface area contributed by atoms with E-state index in [4.69, 9.17) is 16.3 Å². The van der Waals surface area contributed by atoms with Crippen molar-refractivity contribution in [2.75, 3.05) is 51.2 Å². The smallest absolute Gasteiger partial charge is 0.258 e. The zero-order chi connectivity index (χ0) is 25.2. The van der Waals surface area contributed by atoms with Crippen molar-refractivity contribution in [1.29, 1.82) is 0 Å². The van der Waals surface area contributed by atoms with Gasteiger partial charge in [-0.15, -0.1) is 0 Å². The molecule has 1 saturated heterocycles. The van der Waals surface area contributed by atoms with E-state index in [1.54, 1.807) is 11.9 Å². The Labute approximate surface area is 209 Å². The Hall–Kier alpha value is -2.84. The Bertz CT molecular complexity index is 1180. The lowest BCUT2D eigenvalue weighted by molar-refractivity contribution is 0.00641. The van der Waals surface area contributed by atoms with E-state index in [2.05, 4.69) is 50.0 Å². The minimum Gasteiger partial charge on any atom is -0.501 e. The number of ether oxygens (including phenoxy) is 1. The number of methoxy groups -OCH3 is 1. The molecule has 1 aromatic carbocycles. The van der Waals surface area contributed by atoms with Crippen LogP contribution in [0.1, 0.15) is 6.42 Å². The number of anilines is 3. The summed E-state index contributed by atoms with van der Waals surface area (Å²) in [5.74, 6) is -1.06. The number of aliphatic imine (C=N–C) groups is 2. The quantitative estimate of drug-likeness (QED) is 0.230. The third-order valence-corrected chi connectivity index (χ3v) is 7.55. The zero-order valence-electron chi connectivity index (χ0n) is 19.9. The fraction of sp³-hybridized carbons (Fsp3) is 0.391. The molecule has 1 spiro atoms. The average molecular weight is 522 g/mol. The van der Waals surface area contributed by atoms with Crippen LogP contribution in [0.25, 0.3) is 0 Å². The van der Waals surface area contributed by atoms with Crippen LogP contribution in [0, 0.1) is 5.41 Å². The molecule has 12 heteroatoms. The summed E-state index contributed by atoms with van der Waals surface area (Å²) in [7, 11) is 2.75. The summed E-state index contributed by atoms with van der Waals surface area (Å²) in [4.78, 5) is 19.1. The molecular weight excluding hydrogens is 495 g/mol. The van der Waals surface area contributed by atoms with Gasteiger partial charge in [0.05, 0.1) is 24.9 Å². The van der Waals surface area contributed by atoms with E-state index in [9.17, 15) is 8.78 Å². The zero-order valence-corrected chi connectivity index (χ0v) is 21.5. The van der Waals surface area contributed by atoms with Gasteiger partial charge in [0.25, 0.3) is 5.92 Å². The highest BCUT2D eigenvalue weighted by molar-refractivity contribution is 7.64. The molecular formula is C23H27ClF2N7OP. The Balaban J connectivity index is 1.46. The summed E-state index contributed by atoms with van der Waals surface area (Å²) in [5.41, 5.74) is 0.0362. The monoisotopic (exact) mass is 521 g/mol. The number of para-hydroxylation sites is 1. The molecule has 35 heavy (non-hydrogen) atoms. The van der Waals surface area contributed by atoms with Crippen molar-refractivity contribution in [3.05, 3.63) is 47.6 Å². The molecule has 8 nitrogen and oxygen atoms in total. The highest BCUT2D eigenvalue weighted by atomic mass is 35.5. The van der Waals surface area contributed by atoms with Crippen LogP contribution in [0.4, 0.5) is 26.2 Å². The number of rotatable bonds is 8. The molecule has 1 aromatic heterocycles. The number of benzene rings is 1. The second kappa shape index (κ2) is 10.0. The normalized spacial score (nSPS) is 18.7. The van der Waals surface area contributed by atoms with Crippen LogP contribution >= 0.6 is 19.5 Å². The van der Waals surface area contributed by atoms with E-state index in [-0.39, 0.29) is 33.4 Å². The predicted octanol–water partition coefficient (Wildman–Crippen LogP) is 4.54. The van der Waals surface area contributed by atoms with E-state index in [1.165, 1.54) is 31.1 Å². The highest BCUT2D eigenvalue weighted by Crippen LogP contribution is 2.65. The Kier molecular flexibility index (Phi) is 7.24. The molecule has 0 atom stereocenters. The van der Waals surface area contributed by atoms with Crippen LogP contribution < -0.4 is 15.9 Å². The number of alkyl halides is 2. The van der Waals surface area contributed by atoms with Crippen LogP contribution in [0.15, 0.2) is 52.5 Å². The maximum Gasteiger partial charge on any atom is 0.258 e. The second-order valence-corrected chi connectivity index (χ2v) is 11.3. The summed E-state index contributed by atoms with van der Waals surface area (Å²) in [6, 6.07) is 8.01. The molecule has 2 aromatic rings. The van der Waals surface area contributed by atoms with E-state index < -0.39 is 11.3 Å². The number of hydrogen-bond donors (Lipinski definition) is 2. The van der Waals surface area contributed by atoms with E-state index in [1.807, 2.05) is 18.2 Å². The van der Waals surface area contributed by atoms with Gasteiger partial charge in [0.15, 0.2) is 11.6 Å². The molecule has 0 radical (unpaired) electrons. The summed E-state index contributed by atoms with van der Waals surface area (Å²) in [6.07, 6.45) is 4.32. The third kappa shape index (κ3) is 5.38. The van der Waals surface area contributed by atoms with Crippen molar-refractivity contribution in [2.24, 2.45) is 15.4 Å². The first kappa shape index (κ1) is 25.3. The van der Waals surface area contributed by atoms with Gasteiger partial charge in [0.2, 0.25) is 5.95 Å². The number of nitrogens with one attached hydrogen (secondary N) is 2. The van der Waals surface area contributed by atoms with Gasteiger partial charge in [-0.3, -0.25) is 4.99 Å². The van der Waals surface area contributed by atoms with Crippen molar-refractivity contribution in [2.45, 2.75) is 12.3 Å². The van der Waals surface area contributed by atoms with Gasteiger partial charge in [-0.25, -0.2) is 18.8 Å². The largest absolute Gasteiger partial charge is 0.501 e. The van der Waals surface area contributed by atoms with Gasteiger partial charge in [0, 0.05) is 32.2 Å². The lowest BCUT2D eigenvalue weighted by Crippen LogP contribution is -2.54. The maximum absolute atomic E-state index is 13.5. The number of likely N-dealkylation sites (tertiary alicyclic amines) is 1. The third-order valence-electron chi connectivity index (χ3n) is 5.92. The van der Waals surface area contributed by atoms with E-state index in [0.29, 0.717) is 22.5 Å². The van der Waals surface area contributed by atoms with Crippen LogP contribution in [-0.2, 0) is 4.74 Å². The fourth-order valence-electron chi connectivity index (χ4n) is 3.91. The van der Waals surface area contributed by atoms with Gasteiger partial charge in [-0.05, 0) is 24.7 Å². The lowest BCUT2D eigenvalue weighted by atomic mass is 9.96. The van der Waals surface area contributed by atoms with Crippen LogP contribution in [-0.4, -0.2) is 73.4 Å². The fourth-order valence-corrected chi connectivity index (χ4v) is 5.04. The number of amidine groups is 1. The summed E-state index contributed by atoms with van der Waals surface area (Å²) < 4.78 is 32.2. The summed E-state index contributed by atoms with van der Waals surface area (Å²) in [5, 5.41) is 7.85. The molecule has 2 aliphatic rings. The number of halogens is 3. The van der Waals surface area contributed by atoms with E-state index >= 15 is 0 Å². The molecule has 0 unspecified atom stereocenters. The van der Waals surface area contributed by atoms with Crippen molar-refractivity contribution < 1.29 is 13.5 Å². The van der Waals surface area contributed by atoms with E-state index in [0.717, 1.165) is 5.69 Å². The number of hydrogen-bond acceptors (Lipinski definition) is 7. The average Bonchev–Trinajstić information content (AvgIpc) is 3.38. The first-order chi connectivity index (χ1) is 16.7. The summed E-state index contributed by atoms with van der Waals surface area (Å²) in [6.45, 7) is 4.89. The Morgan fingerprint density at radius 1 is 1.29 bits per heavy atom. The van der Waals surface area contributed by atoms with Crippen molar-refractivity contribution in [3.63, 3.8) is 0 Å². The molecule has 1 aliphatic heterocycles. The van der Waals surface area contributed by atoms with Gasteiger partial charge in [0.1, 0.15) is 17.1 Å². The van der Waals surface area contributed by atoms with Gasteiger partial charge >= 0.3 is 0 Å². The van der Waals surface area contributed by atoms with Crippen molar-refractivity contribution in [3.8, 4) is 0 Å². The topological polar surface area (TPSA) is 87.0 Å². The molecule has 2 N–H and O–H groups in total. The van der Waals surface area contributed by atoms with Gasteiger partial charge in [-0.1, -0.05) is 37.7 Å². The molecule has 0 amide bonds. The number of aromatic nitrogens is 2. The van der Waals surface area contributed by atoms with Crippen LogP contribution in [0.3, 0.4) is 0 Å². The Morgan fingerprint density at radius 3 is 2.63 bits per heavy atom. The highest BCUT2D eigenvalue weighted by Gasteiger charge is 2.76. The standard InChI is InChI=1S/C23H27ClF2N7OP/c1-27-19(33-13-22(14-33)12-23(22,25)26)10-28-18(11-34-2)31-21-29-9-15(24)20(32-21)30-16-7-5-6-8-17(16)35(3)4/h5-11H,12-14H2,1-4H3,(H2,29,30,31,32)/b18-11-,27-19?,28-10?. The first-order valence-electron chi connectivity index (χ1n) is 10.9. The maximum atomic E-state index is 13.5. The summed E-state index contributed by atoms with van der Waals surface area (Å²) >= 11 is 6.35.